The molecule has 1 aliphatic carbocycles. The van der Waals surface area contributed by atoms with Crippen molar-refractivity contribution >= 4 is 10.0 Å². The number of nitrogens with zero attached hydrogens (tertiary/aromatic N) is 1. The summed E-state index contributed by atoms with van der Waals surface area (Å²) in [5, 5.41) is 3.64. The molecule has 1 unspecified atom stereocenters. The van der Waals surface area contributed by atoms with Crippen LogP contribution in [0.5, 0.6) is 0 Å². The van der Waals surface area contributed by atoms with E-state index in [0.717, 1.165) is 25.3 Å². The maximum absolute atomic E-state index is 11.6. The van der Waals surface area contributed by atoms with Crippen molar-refractivity contribution in [2.45, 2.75) is 45.1 Å². The maximum Gasteiger partial charge on any atom is 0.211 e. The van der Waals surface area contributed by atoms with Crippen molar-refractivity contribution < 1.29 is 8.42 Å². The minimum Gasteiger partial charge on any atom is -0.311 e. The molecule has 1 N–H and O–H groups in total. The Morgan fingerprint density at radius 2 is 1.94 bits per heavy atom. The van der Waals surface area contributed by atoms with Gasteiger partial charge in [-0.2, -0.15) is 0 Å². The fraction of sp³-hybridized carbons (Fsp3) is 1.00. The number of rotatable bonds is 5. The molecule has 5 heteroatoms. The van der Waals surface area contributed by atoms with Gasteiger partial charge in [0.1, 0.15) is 0 Å². The summed E-state index contributed by atoms with van der Waals surface area (Å²) >= 11 is 0. The number of piperidine rings is 1. The zero-order valence-electron chi connectivity index (χ0n) is 11.8. The Kier molecular flexibility index (Phi) is 4.04. The average Bonchev–Trinajstić information content (AvgIpc) is 3.10. The van der Waals surface area contributed by atoms with Crippen LogP contribution in [0.4, 0.5) is 0 Å². The molecule has 106 valence electrons. The first-order valence-electron chi connectivity index (χ1n) is 6.99. The zero-order valence-corrected chi connectivity index (χ0v) is 12.6. The van der Waals surface area contributed by atoms with E-state index in [1.807, 2.05) is 0 Å². The van der Waals surface area contributed by atoms with E-state index in [9.17, 15) is 8.42 Å². The first-order chi connectivity index (χ1) is 8.29. The highest BCUT2D eigenvalue weighted by Crippen LogP contribution is 2.39. The molecule has 4 nitrogen and oxygen atoms in total. The summed E-state index contributed by atoms with van der Waals surface area (Å²) in [6, 6.07) is 0. The molecule has 1 saturated heterocycles. The van der Waals surface area contributed by atoms with Gasteiger partial charge in [0.25, 0.3) is 0 Å². The quantitative estimate of drug-likeness (QED) is 0.825. The minimum atomic E-state index is -3.01. The molecule has 0 radical (unpaired) electrons. The van der Waals surface area contributed by atoms with Crippen molar-refractivity contribution in [2.24, 2.45) is 11.8 Å². The molecule has 1 aliphatic heterocycles. The minimum absolute atomic E-state index is 0.216. The highest BCUT2D eigenvalue weighted by atomic mass is 32.2. The van der Waals surface area contributed by atoms with Gasteiger partial charge in [-0.05, 0) is 57.9 Å². The number of nitrogens with one attached hydrogen (secondary N) is 1. The van der Waals surface area contributed by atoms with Gasteiger partial charge in [0.05, 0.1) is 6.26 Å². The molecule has 1 heterocycles. The van der Waals surface area contributed by atoms with Crippen molar-refractivity contribution in [1.82, 2.24) is 9.62 Å². The predicted molar refractivity (Wildman–Crippen MR) is 73.9 cm³/mol. The number of hydrogen-bond donors (Lipinski definition) is 1. The van der Waals surface area contributed by atoms with Crippen LogP contribution in [-0.2, 0) is 10.0 Å². The second-order valence-electron chi connectivity index (χ2n) is 6.51. The van der Waals surface area contributed by atoms with E-state index in [1.165, 1.54) is 19.1 Å². The van der Waals surface area contributed by atoms with Crippen molar-refractivity contribution in [1.29, 1.82) is 0 Å². The van der Waals surface area contributed by atoms with Crippen LogP contribution in [0.1, 0.15) is 39.5 Å². The molecule has 0 amide bonds. The van der Waals surface area contributed by atoms with Crippen LogP contribution in [0.25, 0.3) is 0 Å². The van der Waals surface area contributed by atoms with Gasteiger partial charge in [-0.3, -0.25) is 0 Å². The molecule has 0 aromatic rings. The van der Waals surface area contributed by atoms with Gasteiger partial charge in [0.2, 0.25) is 10.0 Å². The first kappa shape index (κ1) is 14.3. The summed E-state index contributed by atoms with van der Waals surface area (Å²) in [4.78, 5) is 0. The van der Waals surface area contributed by atoms with Gasteiger partial charge in [-0.1, -0.05) is 0 Å². The van der Waals surface area contributed by atoms with E-state index in [4.69, 9.17) is 0 Å². The normalized spacial score (nSPS) is 27.4. The van der Waals surface area contributed by atoms with E-state index in [1.54, 1.807) is 4.31 Å². The first-order valence-corrected chi connectivity index (χ1v) is 8.84. The lowest BCUT2D eigenvalue weighted by Gasteiger charge is -2.34. The Morgan fingerprint density at radius 3 is 2.50 bits per heavy atom. The van der Waals surface area contributed by atoms with Gasteiger partial charge >= 0.3 is 0 Å². The maximum atomic E-state index is 11.6. The van der Waals surface area contributed by atoms with Crippen LogP contribution in [0.3, 0.4) is 0 Å². The highest BCUT2D eigenvalue weighted by Gasteiger charge is 2.38. The predicted octanol–water partition coefficient (Wildman–Crippen LogP) is 1.44. The van der Waals surface area contributed by atoms with Crippen molar-refractivity contribution in [3.63, 3.8) is 0 Å². The van der Waals surface area contributed by atoms with Crippen LogP contribution in [0.15, 0.2) is 0 Å². The Balaban J connectivity index is 1.82. The summed E-state index contributed by atoms with van der Waals surface area (Å²) in [5.74, 6) is 1.28. The SMILES string of the molecule is CC(C)(NCC1CCCN(S(C)(=O)=O)C1)C1CC1. The third kappa shape index (κ3) is 3.68. The largest absolute Gasteiger partial charge is 0.311 e. The molecule has 0 spiro atoms. The lowest BCUT2D eigenvalue weighted by molar-refractivity contribution is 0.233. The smallest absolute Gasteiger partial charge is 0.211 e. The molecule has 1 atom stereocenters. The summed E-state index contributed by atoms with van der Waals surface area (Å²) in [7, 11) is -3.01. The fourth-order valence-electron chi connectivity index (χ4n) is 2.85. The van der Waals surface area contributed by atoms with Gasteiger partial charge in [-0.25, -0.2) is 12.7 Å². The molecule has 2 rings (SSSR count). The van der Waals surface area contributed by atoms with Crippen molar-refractivity contribution in [3.8, 4) is 0 Å². The zero-order chi connectivity index (χ0) is 13.4. The second-order valence-corrected chi connectivity index (χ2v) is 8.49. The molecular weight excluding hydrogens is 248 g/mol. The number of hydrogen-bond acceptors (Lipinski definition) is 3. The van der Waals surface area contributed by atoms with Gasteiger partial charge in [0, 0.05) is 18.6 Å². The molecule has 0 aromatic heterocycles. The third-order valence-electron chi connectivity index (χ3n) is 4.40. The molecule has 1 saturated carbocycles. The Morgan fingerprint density at radius 1 is 1.28 bits per heavy atom. The standard InChI is InChI=1S/C13H26N2O2S/c1-13(2,12-6-7-12)14-9-11-5-4-8-15(10-11)18(3,16)17/h11-12,14H,4-10H2,1-3H3. The molecule has 2 fully saturated rings. The fourth-order valence-corrected chi connectivity index (χ4v) is 3.79. The van der Waals surface area contributed by atoms with Crippen LogP contribution in [-0.4, -0.2) is 44.2 Å². The van der Waals surface area contributed by atoms with Gasteiger partial charge < -0.3 is 5.32 Å². The summed E-state index contributed by atoms with van der Waals surface area (Å²) < 4.78 is 24.7. The Bertz CT molecular complexity index is 388. The van der Waals surface area contributed by atoms with Crippen LogP contribution >= 0.6 is 0 Å². The van der Waals surface area contributed by atoms with Gasteiger partial charge in [0.15, 0.2) is 0 Å². The number of sulfonamides is 1. The second kappa shape index (κ2) is 5.10. The van der Waals surface area contributed by atoms with E-state index in [2.05, 4.69) is 19.2 Å². The van der Waals surface area contributed by atoms with Crippen LogP contribution < -0.4 is 5.32 Å². The van der Waals surface area contributed by atoms with Crippen molar-refractivity contribution in [3.05, 3.63) is 0 Å². The Labute approximate surface area is 111 Å². The molecule has 18 heavy (non-hydrogen) atoms. The molecule has 2 aliphatic rings. The van der Waals surface area contributed by atoms with E-state index >= 15 is 0 Å². The van der Waals surface area contributed by atoms with Gasteiger partial charge in [-0.15, -0.1) is 0 Å². The molecule has 0 aromatic carbocycles. The third-order valence-corrected chi connectivity index (χ3v) is 5.66. The van der Waals surface area contributed by atoms with Crippen LogP contribution in [0, 0.1) is 11.8 Å². The van der Waals surface area contributed by atoms with E-state index in [0.29, 0.717) is 19.0 Å². The average molecular weight is 274 g/mol. The monoisotopic (exact) mass is 274 g/mol. The van der Waals surface area contributed by atoms with Crippen LogP contribution in [0.2, 0.25) is 0 Å². The van der Waals surface area contributed by atoms with E-state index < -0.39 is 10.0 Å². The van der Waals surface area contributed by atoms with Crippen molar-refractivity contribution in [2.75, 3.05) is 25.9 Å². The summed E-state index contributed by atoms with van der Waals surface area (Å²) in [6.07, 6.45) is 6.11. The van der Waals surface area contributed by atoms with E-state index in [-0.39, 0.29) is 5.54 Å². The Hall–Kier alpha value is -0.130. The summed E-state index contributed by atoms with van der Waals surface area (Å²) in [5.41, 5.74) is 0.216. The molecule has 0 bridgehead atoms. The summed E-state index contributed by atoms with van der Waals surface area (Å²) in [6.45, 7) is 6.85. The lowest BCUT2D eigenvalue weighted by Crippen LogP contribution is -2.48. The highest BCUT2D eigenvalue weighted by molar-refractivity contribution is 7.88. The molecular formula is C13H26N2O2S. The topological polar surface area (TPSA) is 49.4 Å². The lowest BCUT2D eigenvalue weighted by atomic mass is 9.95.